The van der Waals surface area contributed by atoms with E-state index in [1.165, 1.54) is 0 Å². The smallest absolute Gasteiger partial charge is 0.229 e. The zero-order valence-corrected chi connectivity index (χ0v) is 15.3. The van der Waals surface area contributed by atoms with E-state index in [0.717, 1.165) is 11.4 Å². The van der Waals surface area contributed by atoms with Crippen molar-refractivity contribution in [1.29, 1.82) is 5.26 Å². The van der Waals surface area contributed by atoms with E-state index in [1.54, 1.807) is 20.3 Å². The van der Waals surface area contributed by atoms with E-state index in [9.17, 15) is 5.26 Å². The number of methoxy groups -OCH3 is 2. The number of nitriles is 1. The molecule has 2 aromatic carbocycles. The number of aromatic nitrogens is 2. The van der Waals surface area contributed by atoms with Crippen LogP contribution >= 0.6 is 0 Å². The third-order valence-electron chi connectivity index (χ3n) is 3.82. The van der Waals surface area contributed by atoms with Crippen molar-refractivity contribution < 1.29 is 9.47 Å². The van der Waals surface area contributed by atoms with Crippen LogP contribution in [0.2, 0.25) is 0 Å². The lowest BCUT2D eigenvalue weighted by Gasteiger charge is -2.14. The van der Waals surface area contributed by atoms with Gasteiger partial charge in [-0.15, -0.1) is 0 Å². The molecule has 136 valence electrons. The van der Waals surface area contributed by atoms with Crippen molar-refractivity contribution in [3.8, 4) is 17.6 Å². The van der Waals surface area contributed by atoms with Crippen LogP contribution in [0.5, 0.6) is 11.5 Å². The maximum atomic E-state index is 9.24. The predicted molar refractivity (Wildman–Crippen MR) is 104 cm³/mol. The average Bonchev–Trinajstić information content (AvgIpc) is 2.68. The van der Waals surface area contributed by atoms with Gasteiger partial charge in [-0.05, 0) is 31.2 Å². The van der Waals surface area contributed by atoms with Gasteiger partial charge in [-0.2, -0.15) is 10.2 Å². The fraction of sp³-hybridized carbons (Fsp3) is 0.150. The summed E-state index contributed by atoms with van der Waals surface area (Å²) in [6.07, 6.45) is 0. The van der Waals surface area contributed by atoms with Gasteiger partial charge in [0.05, 0.1) is 31.2 Å². The molecule has 0 fully saturated rings. The predicted octanol–water partition coefficient (Wildman–Crippen LogP) is 4.16. The molecule has 0 radical (unpaired) electrons. The summed E-state index contributed by atoms with van der Waals surface area (Å²) in [5, 5.41) is 15.6. The molecule has 1 heterocycles. The highest BCUT2D eigenvalue weighted by atomic mass is 16.5. The van der Waals surface area contributed by atoms with Crippen LogP contribution in [-0.4, -0.2) is 24.2 Å². The van der Waals surface area contributed by atoms with Gasteiger partial charge in [-0.25, -0.2) is 4.98 Å². The minimum atomic E-state index is 0.391. The average molecular weight is 361 g/mol. The zero-order valence-electron chi connectivity index (χ0n) is 15.3. The Morgan fingerprint density at radius 1 is 0.926 bits per heavy atom. The second kappa shape index (κ2) is 8.06. The first-order valence-corrected chi connectivity index (χ1v) is 8.24. The van der Waals surface area contributed by atoms with E-state index in [4.69, 9.17) is 9.47 Å². The normalized spacial score (nSPS) is 10.0. The van der Waals surface area contributed by atoms with Crippen molar-refractivity contribution in [3.63, 3.8) is 0 Å². The van der Waals surface area contributed by atoms with Gasteiger partial charge in [0.1, 0.15) is 23.4 Å². The van der Waals surface area contributed by atoms with Gasteiger partial charge in [0.25, 0.3) is 0 Å². The Hall–Kier alpha value is -3.79. The van der Waals surface area contributed by atoms with Gasteiger partial charge in [-0.1, -0.05) is 12.1 Å². The fourth-order valence-electron chi connectivity index (χ4n) is 2.55. The molecule has 27 heavy (non-hydrogen) atoms. The van der Waals surface area contributed by atoms with Crippen LogP contribution in [0, 0.1) is 18.3 Å². The number of rotatable bonds is 6. The van der Waals surface area contributed by atoms with Crippen LogP contribution in [0.15, 0.2) is 48.5 Å². The molecular weight excluding hydrogens is 342 g/mol. The Morgan fingerprint density at radius 3 is 2.48 bits per heavy atom. The molecule has 0 aliphatic heterocycles. The molecule has 1 aromatic heterocycles. The van der Waals surface area contributed by atoms with E-state index in [1.807, 2.05) is 49.4 Å². The minimum absolute atomic E-state index is 0.391. The summed E-state index contributed by atoms with van der Waals surface area (Å²) in [6.45, 7) is 1.87. The lowest BCUT2D eigenvalue weighted by atomic mass is 10.2. The highest BCUT2D eigenvalue weighted by Gasteiger charge is 2.09. The molecule has 0 aliphatic carbocycles. The summed E-state index contributed by atoms with van der Waals surface area (Å²) < 4.78 is 10.7. The van der Waals surface area contributed by atoms with Crippen LogP contribution < -0.4 is 20.1 Å². The van der Waals surface area contributed by atoms with Gasteiger partial charge in [0, 0.05) is 17.8 Å². The summed E-state index contributed by atoms with van der Waals surface area (Å²) in [6, 6.07) is 16.6. The summed E-state index contributed by atoms with van der Waals surface area (Å²) in [4.78, 5) is 8.89. The first-order chi connectivity index (χ1) is 13.1. The summed E-state index contributed by atoms with van der Waals surface area (Å²) in [5.74, 6) is 2.34. The number of ether oxygens (including phenoxy) is 2. The van der Waals surface area contributed by atoms with Gasteiger partial charge in [0.2, 0.25) is 5.95 Å². The molecule has 7 nitrogen and oxygen atoms in total. The van der Waals surface area contributed by atoms with Crippen LogP contribution in [0.1, 0.15) is 11.3 Å². The Kier molecular flexibility index (Phi) is 5.38. The number of hydrogen-bond acceptors (Lipinski definition) is 7. The quantitative estimate of drug-likeness (QED) is 0.681. The molecule has 0 amide bonds. The summed E-state index contributed by atoms with van der Waals surface area (Å²) in [7, 11) is 3.21. The molecule has 0 aliphatic rings. The van der Waals surface area contributed by atoms with Gasteiger partial charge in [0.15, 0.2) is 0 Å². The van der Waals surface area contributed by atoms with Gasteiger partial charge >= 0.3 is 0 Å². The molecule has 0 atom stereocenters. The molecule has 7 heteroatoms. The Labute approximate surface area is 157 Å². The van der Waals surface area contributed by atoms with E-state index >= 15 is 0 Å². The first-order valence-electron chi connectivity index (χ1n) is 8.24. The van der Waals surface area contributed by atoms with E-state index in [-0.39, 0.29) is 0 Å². The maximum absolute atomic E-state index is 9.24. The van der Waals surface area contributed by atoms with Crippen LogP contribution in [-0.2, 0) is 0 Å². The monoisotopic (exact) mass is 361 g/mol. The Morgan fingerprint density at radius 2 is 1.74 bits per heavy atom. The number of hydrogen-bond donors (Lipinski definition) is 2. The lowest BCUT2D eigenvalue weighted by Crippen LogP contribution is -2.04. The van der Waals surface area contributed by atoms with Crippen molar-refractivity contribution in [2.75, 3.05) is 24.9 Å². The number of nitrogens with zero attached hydrogens (tertiary/aromatic N) is 3. The molecule has 3 rings (SSSR count). The zero-order chi connectivity index (χ0) is 19.2. The number of benzene rings is 2. The lowest BCUT2D eigenvalue weighted by molar-refractivity contribution is 0.405. The van der Waals surface area contributed by atoms with Crippen molar-refractivity contribution in [2.24, 2.45) is 0 Å². The second-order valence-corrected chi connectivity index (χ2v) is 5.69. The Balaban J connectivity index is 1.91. The molecule has 0 bridgehead atoms. The Bertz CT molecular complexity index is 998. The maximum Gasteiger partial charge on any atom is 0.229 e. The van der Waals surface area contributed by atoms with E-state index in [2.05, 4.69) is 26.7 Å². The third kappa shape index (κ3) is 4.25. The van der Waals surface area contributed by atoms with Crippen molar-refractivity contribution >= 4 is 23.1 Å². The topological polar surface area (TPSA) is 92.1 Å². The van der Waals surface area contributed by atoms with Crippen molar-refractivity contribution in [2.45, 2.75) is 6.92 Å². The molecule has 0 saturated carbocycles. The highest BCUT2D eigenvalue weighted by molar-refractivity contribution is 5.68. The fourth-order valence-corrected chi connectivity index (χ4v) is 2.55. The standard InChI is InChI=1S/C20H19N5O2/c1-13-10-19(23-17-11-15(26-2)8-9-18(17)27-3)25-20(22-13)24-16-7-5-4-6-14(16)12-21/h4-11H,1-3H3,(H2,22,23,24,25). The number of nitrogens with one attached hydrogen (secondary N) is 2. The third-order valence-corrected chi connectivity index (χ3v) is 3.82. The van der Waals surface area contributed by atoms with Crippen molar-refractivity contribution in [1.82, 2.24) is 9.97 Å². The molecule has 0 saturated heterocycles. The van der Waals surface area contributed by atoms with E-state index in [0.29, 0.717) is 34.5 Å². The first kappa shape index (κ1) is 18.0. The minimum Gasteiger partial charge on any atom is -0.497 e. The number of anilines is 4. The molecular formula is C20H19N5O2. The number of para-hydroxylation sites is 1. The van der Waals surface area contributed by atoms with Gasteiger partial charge < -0.3 is 20.1 Å². The number of aryl methyl sites for hydroxylation is 1. The molecule has 0 spiro atoms. The van der Waals surface area contributed by atoms with Crippen LogP contribution in [0.3, 0.4) is 0 Å². The second-order valence-electron chi connectivity index (χ2n) is 5.69. The van der Waals surface area contributed by atoms with Crippen LogP contribution in [0.25, 0.3) is 0 Å². The molecule has 3 aromatic rings. The summed E-state index contributed by atoms with van der Waals surface area (Å²) in [5.41, 5.74) is 2.66. The van der Waals surface area contributed by atoms with Gasteiger partial charge in [-0.3, -0.25) is 0 Å². The molecule has 2 N–H and O–H groups in total. The highest BCUT2D eigenvalue weighted by Crippen LogP contribution is 2.31. The van der Waals surface area contributed by atoms with Crippen LogP contribution in [0.4, 0.5) is 23.1 Å². The SMILES string of the molecule is COc1ccc(OC)c(Nc2cc(C)nc(Nc3ccccc3C#N)n2)c1. The largest absolute Gasteiger partial charge is 0.497 e. The molecule has 0 unspecified atom stereocenters. The van der Waals surface area contributed by atoms with E-state index < -0.39 is 0 Å². The van der Waals surface area contributed by atoms with Crippen molar-refractivity contribution in [3.05, 3.63) is 59.8 Å². The summed E-state index contributed by atoms with van der Waals surface area (Å²) >= 11 is 0.